The third-order valence-corrected chi connectivity index (χ3v) is 4.69. The summed E-state index contributed by atoms with van der Waals surface area (Å²) in [5, 5.41) is 2.62. The van der Waals surface area contributed by atoms with E-state index in [-0.39, 0.29) is 18.2 Å². The monoisotopic (exact) mass is 416 g/mol. The van der Waals surface area contributed by atoms with Gasteiger partial charge in [0.2, 0.25) is 5.91 Å². The molecule has 0 unspecified atom stereocenters. The largest absolute Gasteiger partial charge is 0.273 e. The maximum absolute atomic E-state index is 12.0. The number of hydrazine groups is 1. The van der Waals surface area contributed by atoms with Crippen molar-refractivity contribution in [3.63, 3.8) is 0 Å². The molecule has 0 saturated carbocycles. The minimum absolute atomic E-state index is 0.0807. The summed E-state index contributed by atoms with van der Waals surface area (Å²) in [6.07, 6.45) is 3.50. The normalized spacial score (nSPS) is 10.3. The molecule has 3 rings (SSSR count). The molecule has 0 bridgehead atoms. The molecular formula is C17H13BrN4O2S. The Morgan fingerprint density at radius 1 is 1.12 bits per heavy atom. The topological polar surface area (TPSA) is 84.0 Å². The van der Waals surface area contributed by atoms with E-state index in [9.17, 15) is 9.59 Å². The van der Waals surface area contributed by atoms with Crippen LogP contribution in [-0.2, 0) is 11.2 Å². The lowest BCUT2D eigenvalue weighted by Crippen LogP contribution is -2.42. The van der Waals surface area contributed by atoms with Crippen molar-refractivity contribution >= 4 is 39.1 Å². The van der Waals surface area contributed by atoms with Gasteiger partial charge in [-0.25, -0.2) is 4.98 Å². The Hall–Kier alpha value is -2.58. The molecule has 0 aliphatic carbocycles. The SMILES string of the molecule is O=C(Cc1csc(-c2cccnc2)n1)NNC(=O)c1ccc(Br)cc1. The van der Waals surface area contributed by atoms with E-state index in [1.165, 1.54) is 11.3 Å². The van der Waals surface area contributed by atoms with Crippen molar-refractivity contribution in [3.8, 4) is 10.6 Å². The van der Waals surface area contributed by atoms with Gasteiger partial charge in [0.1, 0.15) is 5.01 Å². The van der Waals surface area contributed by atoms with E-state index in [1.54, 1.807) is 36.7 Å². The van der Waals surface area contributed by atoms with Crippen LogP contribution in [0.25, 0.3) is 10.6 Å². The van der Waals surface area contributed by atoms with Crippen LogP contribution in [0.15, 0.2) is 58.6 Å². The van der Waals surface area contributed by atoms with Crippen molar-refractivity contribution in [2.75, 3.05) is 0 Å². The molecule has 2 N–H and O–H groups in total. The van der Waals surface area contributed by atoms with Crippen LogP contribution in [0.2, 0.25) is 0 Å². The van der Waals surface area contributed by atoms with Gasteiger partial charge in [-0.2, -0.15) is 0 Å². The third kappa shape index (κ3) is 4.71. The summed E-state index contributed by atoms with van der Waals surface area (Å²) in [5.74, 6) is -0.719. The number of rotatable bonds is 4. The number of benzene rings is 1. The summed E-state index contributed by atoms with van der Waals surface area (Å²) in [6.45, 7) is 0. The number of hydrogen-bond acceptors (Lipinski definition) is 5. The standard InChI is InChI=1S/C17H13BrN4O2S/c18-13-5-3-11(4-6-13)16(24)22-21-15(23)8-14-10-25-17(20-14)12-2-1-7-19-9-12/h1-7,9-10H,8H2,(H,21,23)(H,22,24). The van der Waals surface area contributed by atoms with Crippen LogP contribution < -0.4 is 10.9 Å². The number of hydrogen-bond donors (Lipinski definition) is 2. The molecule has 0 aliphatic rings. The maximum atomic E-state index is 12.0. The minimum Gasteiger partial charge on any atom is -0.273 e. The number of amides is 2. The van der Waals surface area contributed by atoms with E-state index in [0.29, 0.717) is 11.3 Å². The first-order chi connectivity index (χ1) is 12.1. The molecule has 0 atom stereocenters. The van der Waals surface area contributed by atoms with Crippen LogP contribution in [-0.4, -0.2) is 21.8 Å². The average molecular weight is 417 g/mol. The lowest BCUT2D eigenvalue weighted by Gasteiger charge is -2.06. The van der Waals surface area contributed by atoms with E-state index < -0.39 is 0 Å². The molecule has 0 spiro atoms. The summed E-state index contributed by atoms with van der Waals surface area (Å²) in [4.78, 5) is 32.4. The number of halogens is 1. The maximum Gasteiger partial charge on any atom is 0.269 e. The summed E-state index contributed by atoms with van der Waals surface area (Å²) < 4.78 is 0.876. The molecule has 0 fully saturated rings. The Morgan fingerprint density at radius 3 is 2.64 bits per heavy atom. The Kier molecular flexibility index (Phi) is 5.52. The average Bonchev–Trinajstić information content (AvgIpc) is 3.09. The van der Waals surface area contributed by atoms with Crippen molar-refractivity contribution in [2.45, 2.75) is 6.42 Å². The number of carbonyl (C=O) groups excluding carboxylic acids is 2. The fraction of sp³-hybridized carbons (Fsp3) is 0.0588. The zero-order valence-corrected chi connectivity index (χ0v) is 15.3. The van der Waals surface area contributed by atoms with E-state index in [0.717, 1.165) is 15.0 Å². The lowest BCUT2D eigenvalue weighted by molar-refractivity contribution is -0.121. The fourth-order valence-corrected chi connectivity index (χ4v) is 3.09. The van der Waals surface area contributed by atoms with Gasteiger partial charge in [0.05, 0.1) is 12.1 Å². The third-order valence-electron chi connectivity index (χ3n) is 3.22. The molecule has 1 aromatic carbocycles. The van der Waals surface area contributed by atoms with Crippen molar-refractivity contribution < 1.29 is 9.59 Å². The van der Waals surface area contributed by atoms with E-state index in [1.807, 2.05) is 17.5 Å². The molecule has 8 heteroatoms. The van der Waals surface area contributed by atoms with Crippen LogP contribution in [0.1, 0.15) is 16.1 Å². The quantitative estimate of drug-likeness (QED) is 0.640. The summed E-state index contributed by atoms with van der Waals surface area (Å²) in [5.41, 5.74) is 6.78. The van der Waals surface area contributed by atoms with Gasteiger partial charge in [0.25, 0.3) is 5.91 Å². The highest BCUT2D eigenvalue weighted by molar-refractivity contribution is 9.10. The number of nitrogens with zero attached hydrogens (tertiary/aromatic N) is 2. The van der Waals surface area contributed by atoms with Gasteiger partial charge < -0.3 is 0 Å². The summed E-state index contributed by atoms with van der Waals surface area (Å²) in [6, 6.07) is 10.6. The Balaban J connectivity index is 1.54. The zero-order chi connectivity index (χ0) is 17.6. The van der Waals surface area contributed by atoms with E-state index >= 15 is 0 Å². The Labute approximate surface area is 156 Å². The van der Waals surface area contributed by atoms with Crippen molar-refractivity contribution in [1.82, 2.24) is 20.8 Å². The predicted octanol–water partition coefficient (Wildman–Crippen LogP) is 2.97. The van der Waals surface area contributed by atoms with E-state index in [2.05, 4.69) is 36.7 Å². The molecule has 0 radical (unpaired) electrons. The fourth-order valence-electron chi connectivity index (χ4n) is 2.02. The molecule has 2 heterocycles. The Morgan fingerprint density at radius 2 is 1.92 bits per heavy atom. The molecule has 25 heavy (non-hydrogen) atoms. The predicted molar refractivity (Wildman–Crippen MR) is 98.8 cm³/mol. The number of carbonyl (C=O) groups is 2. The highest BCUT2D eigenvalue weighted by Crippen LogP contribution is 2.22. The van der Waals surface area contributed by atoms with Gasteiger partial charge in [-0.1, -0.05) is 15.9 Å². The summed E-state index contributed by atoms with van der Waals surface area (Å²) >= 11 is 4.75. The van der Waals surface area contributed by atoms with Gasteiger partial charge in [-0.05, 0) is 36.4 Å². The summed E-state index contributed by atoms with van der Waals surface area (Å²) in [7, 11) is 0. The number of nitrogens with one attached hydrogen (secondary N) is 2. The van der Waals surface area contributed by atoms with Crippen molar-refractivity contribution in [3.05, 3.63) is 69.9 Å². The number of pyridine rings is 1. The first kappa shape index (κ1) is 17.2. The molecule has 3 aromatic rings. The van der Waals surface area contributed by atoms with Gasteiger partial charge in [0, 0.05) is 33.4 Å². The van der Waals surface area contributed by atoms with Gasteiger partial charge in [-0.15, -0.1) is 11.3 Å². The number of thiazole rings is 1. The molecule has 2 aromatic heterocycles. The van der Waals surface area contributed by atoms with Gasteiger partial charge in [-0.3, -0.25) is 25.4 Å². The van der Waals surface area contributed by atoms with Crippen molar-refractivity contribution in [1.29, 1.82) is 0 Å². The molecule has 2 amide bonds. The van der Waals surface area contributed by atoms with Crippen LogP contribution >= 0.6 is 27.3 Å². The van der Waals surface area contributed by atoms with Crippen LogP contribution in [0.4, 0.5) is 0 Å². The minimum atomic E-state index is -0.379. The molecular weight excluding hydrogens is 404 g/mol. The lowest BCUT2D eigenvalue weighted by atomic mass is 10.2. The first-order valence-electron chi connectivity index (χ1n) is 7.31. The highest BCUT2D eigenvalue weighted by Gasteiger charge is 2.11. The smallest absolute Gasteiger partial charge is 0.269 e. The highest BCUT2D eigenvalue weighted by atomic mass is 79.9. The van der Waals surface area contributed by atoms with Crippen LogP contribution in [0.5, 0.6) is 0 Å². The molecule has 0 saturated heterocycles. The second-order valence-electron chi connectivity index (χ2n) is 5.07. The van der Waals surface area contributed by atoms with Crippen molar-refractivity contribution in [2.24, 2.45) is 0 Å². The first-order valence-corrected chi connectivity index (χ1v) is 8.98. The van der Waals surface area contributed by atoms with Gasteiger partial charge in [0.15, 0.2) is 0 Å². The van der Waals surface area contributed by atoms with Crippen LogP contribution in [0, 0.1) is 0 Å². The van der Waals surface area contributed by atoms with E-state index in [4.69, 9.17) is 0 Å². The number of aromatic nitrogens is 2. The Bertz CT molecular complexity index is 881. The molecule has 126 valence electrons. The zero-order valence-electron chi connectivity index (χ0n) is 12.9. The molecule has 6 nitrogen and oxygen atoms in total. The van der Waals surface area contributed by atoms with Crippen LogP contribution in [0.3, 0.4) is 0 Å². The van der Waals surface area contributed by atoms with Gasteiger partial charge >= 0.3 is 0 Å². The second-order valence-corrected chi connectivity index (χ2v) is 6.85. The second kappa shape index (κ2) is 8.00. The molecule has 0 aliphatic heterocycles.